The van der Waals surface area contributed by atoms with Crippen molar-refractivity contribution >= 4 is 33.0 Å². The molecular formula is C26H26ClF2N3O5S. The van der Waals surface area contributed by atoms with Gasteiger partial charge in [0.15, 0.2) is 21.5 Å². The van der Waals surface area contributed by atoms with Crippen LogP contribution in [0.5, 0.6) is 0 Å². The first-order valence-electron chi connectivity index (χ1n) is 12.1. The molecule has 1 heterocycles. The van der Waals surface area contributed by atoms with Gasteiger partial charge >= 0.3 is 0 Å². The number of sulfone groups is 1. The molecule has 2 fully saturated rings. The number of nitrogens with zero attached hydrogens (tertiary/aromatic N) is 2. The molecule has 2 aliphatic rings. The van der Waals surface area contributed by atoms with E-state index >= 15 is 0 Å². The number of nitrogens with one attached hydrogen (secondary N) is 1. The molecule has 2 aromatic carbocycles. The molecule has 12 heteroatoms. The van der Waals surface area contributed by atoms with E-state index in [0.29, 0.717) is 18.4 Å². The van der Waals surface area contributed by atoms with Gasteiger partial charge in [-0.3, -0.25) is 9.48 Å². The quantitative estimate of drug-likeness (QED) is 0.415. The molecule has 0 aliphatic heterocycles. The zero-order chi connectivity index (χ0) is 27.4. The van der Waals surface area contributed by atoms with Gasteiger partial charge in [0.05, 0.1) is 21.4 Å². The standard InChI is InChI=1S/C26H26ClF2N3O5S/c1-32-13-15(12-30-32)24(33)26(35)16-3-4-17(26)10-19(9-16)38(36,37)23-8-14(2-6-20(23)27)25(34)31-18-5-7-21(28)22(29)11-18/h2,5-8,11-13,16-17,19,24,33,35H,3-4,9-10H2,1H3,(H,31,34)/t16-,17+,19?,24?,26?. The van der Waals surface area contributed by atoms with Gasteiger partial charge in [0, 0.05) is 36.1 Å². The van der Waals surface area contributed by atoms with Crippen LogP contribution in [0.15, 0.2) is 53.7 Å². The number of aromatic nitrogens is 2. The molecule has 3 aromatic rings. The maximum atomic E-state index is 13.7. The molecule has 0 saturated heterocycles. The van der Waals surface area contributed by atoms with E-state index in [1.54, 1.807) is 13.2 Å². The smallest absolute Gasteiger partial charge is 0.255 e. The van der Waals surface area contributed by atoms with Gasteiger partial charge in [-0.2, -0.15) is 5.10 Å². The molecule has 202 valence electrons. The van der Waals surface area contributed by atoms with Crippen LogP contribution in [0.2, 0.25) is 5.02 Å². The number of hydrogen-bond donors (Lipinski definition) is 3. The number of rotatable bonds is 6. The first-order valence-corrected chi connectivity index (χ1v) is 14.0. The van der Waals surface area contributed by atoms with Crippen LogP contribution in [-0.4, -0.2) is 45.2 Å². The van der Waals surface area contributed by atoms with Gasteiger partial charge in [-0.1, -0.05) is 11.6 Å². The lowest BCUT2D eigenvalue weighted by atomic mass is 9.70. The zero-order valence-electron chi connectivity index (χ0n) is 20.3. The largest absolute Gasteiger partial charge is 0.386 e. The number of aliphatic hydroxyl groups is 2. The average Bonchev–Trinajstić information content (AvgIpc) is 3.34. The Morgan fingerprint density at radius 1 is 1.16 bits per heavy atom. The highest BCUT2D eigenvalue weighted by atomic mass is 35.5. The minimum absolute atomic E-state index is 0.00331. The molecule has 1 amide bonds. The van der Waals surface area contributed by atoms with E-state index in [1.807, 2.05) is 0 Å². The van der Waals surface area contributed by atoms with Crippen LogP contribution >= 0.6 is 11.6 Å². The minimum Gasteiger partial charge on any atom is -0.386 e. The molecule has 5 atom stereocenters. The second-order valence-electron chi connectivity index (χ2n) is 10.1. The molecule has 1 aromatic heterocycles. The monoisotopic (exact) mass is 565 g/mol. The Labute approximate surface area is 223 Å². The molecular weight excluding hydrogens is 540 g/mol. The lowest BCUT2D eigenvalue weighted by Crippen LogP contribution is -2.52. The van der Waals surface area contributed by atoms with Crippen molar-refractivity contribution in [1.82, 2.24) is 9.78 Å². The number of amides is 1. The van der Waals surface area contributed by atoms with Crippen molar-refractivity contribution in [2.75, 3.05) is 5.32 Å². The number of halogens is 3. The van der Waals surface area contributed by atoms with Crippen LogP contribution in [0.3, 0.4) is 0 Å². The fourth-order valence-electron chi connectivity index (χ4n) is 5.91. The summed E-state index contributed by atoms with van der Waals surface area (Å²) in [7, 11) is -2.32. The molecule has 0 spiro atoms. The predicted octanol–water partition coefficient (Wildman–Crippen LogP) is 4.03. The van der Waals surface area contributed by atoms with Crippen LogP contribution < -0.4 is 5.32 Å². The van der Waals surface area contributed by atoms with E-state index in [0.717, 1.165) is 12.1 Å². The number of carbonyl (C=O) groups excluding carboxylic acids is 1. The number of anilines is 1. The van der Waals surface area contributed by atoms with Gasteiger partial charge in [-0.05, 0) is 67.9 Å². The van der Waals surface area contributed by atoms with Gasteiger partial charge < -0.3 is 15.5 Å². The lowest BCUT2D eigenvalue weighted by molar-refractivity contribution is -0.144. The van der Waals surface area contributed by atoms with Crippen molar-refractivity contribution in [3.8, 4) is 0 Å². The Kier molecular flexibility index (Phi) is 6.83. The molecule has 2 saturated carbocycles. The topological polar surface area (TPSA) is 122 Å². The highest BCUT2D eigenvalue weighted by molar-refractivity contribution is 7.92. The van der Waals surface area contributed by atoms with Crippen LogP contribution in [0.1, 0.15) is 47.7 Å². The maximum Gasteiger partial charge on any atom is 0.255 e. The zero-order valence-corrected chi connectivity index (χ0v) is 21.9. The SMILES string of the molecule is Cn1cc(C(O)C2(O)[C@@H]3CC[C@H]2CC(S(=O)(=O)c2cc(C(=O)Nc4ccc(F)c(F)c4)ccc2Cl)C3)cn1. The summed E-state index contributed by atoms with van der Waals surface area (Å²) in [5.74, 6) is -3.85. The number of aryl methyl sites for hydroxylation is 1. The number of benzene rings is 2. The molecule has 2 bridgehead atoms. The van der Waals surface area contributed by atoms with Crippen molar-refractivity contribution in [2.24, 2.45) is 18.9 Å². The number of carbonyl (C=O) groups is 1. The fourth-order valence-corrected chi connectivity index (χ4v) is 8.31. The molecule has 3 unspecified atom stereocenters. The second kappa shape index (κ2) is 9.71. The van der Waals surface area contributed by atoms with E-state index in [1.165, 1.54) is 35.1 Å². The van der Waals surface area contributed by atoms with Gasteiger partial charge in [0.2, 0.25) is 0 Å². The summed E-state index contributed by atoms with van der Waals surface area (Å²) in [6.45, 7) is 0. The van der Waals surface area contributed by atoms with E-state index < -0.39 is 56.2 Å². The molecule has 5 rings (SSSR count). The molecule has 8 nitrogen and oxygen atoms in total. The summed E-state index contributed by atoms with van der Waals surface area (Å²) in [4.78, 5) is 12.5. The Balaban J connectivity index is 1.38. The summed E-state index contributed by atoms with van der Waals surface area (Å²) in [5, 5.41) is 28.2. The first kappa shape index (κ1) is 26.7. The summed E-state index contributed by atoms with van der Waals surface area (Å²) in [5.41, 5.74) is -1.04. The van der Waals surface area contributed by atoms with Crippen molar-refractivity contribution in [2.45, 2.75) is 47.5 Å². The predicted molar refractivity (Wildman–Crippen MR) is 135 cm³/mol. The molecule has 38 heavy (non-hydrogen) atoms. The van der Waals surface area contributed by atoms with Crippen LogP contribution in [0.4, 0.5) is 14.5 Å². The summed E-state index contributed by atoms with van der Waals surface area (Å²) in [6, 6.07) is 6.67. The van der Waals surface area contributed by atoms with E-state index in [2.05, 4.69) is 10.4 Å². The van der Waals surface area contributed by atoms with E-state index in [-0.39, 0.29) is 34.0 Å². The summed E-state index contributed by atoms with van der Waals surface area (Å²) < 4.78 is 55.7. The normalized spacial score (nSPS) is 25.8. The van der Waals surface area contributed by atoms with Crippen LogP contribution in [-0.2, 0) is 16.9 Å². The lowest BCUT2D eigenvalue weighted by Gasteiger charge is -2.45. The van der Waals surface area contributed by atoms with Gasteiger partial charge in [-0.25, -0.2) is 17.2 Å². The summed E-state index contributed by atoms with van der Waals surface area (Å²) in [6.07, 6.45) is 3.28. The first-order chi connectivity index (χ1) is 17.9. The second-order valence-corrected chi connectivity index (χ2v) is 12.7. The minimum atomic E-state index is -4.03. The van der Waals surface area contributed by atoms with E-state index in [9.17, 15) is 32.2 Å². The van der Waals surface area contributed by atoms with Crippen molar-refractivity contribution in [3.63, 3.8) is 0 Å². The molecule has 0 radical (unpaired) electrons. The Bertz CT molecular complexity index is 1500. The van der Waals surface area contributed by atoms with Gasteiger partial charge in [0.1, 0.15) is 11.7 Å². The van der Waals surface area contributed by atoms with E-state index in [4.69, 9.17) is 11.6 Å². The average molecular weight is 566 g/mol. The van der Waals surface area contributed by atoms with Crippen molar-refractivity contribution in [3.05, 3.63) is 76.6 Å². The Hall–Kier alpha value is -2.86. The van der Waals surface area contributed by atoms with Gasteiger partial charge in [-0.15, -0.1) is 0 Å². The third-order valence-electron chi connectivity index (χ3n) is 7.86. The third-order valence-corrected chi connectivity index (χ3v) is 10.5. The Morgan fingerprint density at radius 2 is 1.84 bits per heavy atom. The molecule has 3 N–H and O–H groups in total. The van der Waals surface area contributed by atoms with Gasteiger partial charge in [0.25, 0.3) is 5.91 Å². The third kappa shape index (κ3) is 4.51. The highest BCUT2D eigenvalue weighted by Gasteiger charge is 2.59. The molecule has 2 aliphatic carbocycles. The number of aliphatic hydroxyl groups excluding tert-OH is 1. The number of hydrogen-bond acceptors (Lipinski definition) is 6. The fraction of sp³-hybridized carbons (Fsp3) is 0.385. The van der Waals surface area contributed by atoms with Crippen molar-refractivity contribution in [1.29, 1.82) is 0 Å². The summed E-state index contributed by atoms with van der Waals surface area (Å²) >= 11 is 6.28. The maximum absolute atomic E-state index is 13.7. The van der Waals surface area contributed by atoms with Crippen molar-refractivity contribution < 1.29 is 32.2 Å². The van der Waals surface area contributed by atoms with Crippen LogP contribution in [0.25, 0.3) is 0 Å². The highest BCUT2D eigenvalue weighted by Crippen LogP contribution is 2.56. The van der Waals surface area contributed by atoms with Crippen LogP contribution in [0, 0.1) is 23.5 Å². The number of fused-ring (bicyclic) bond motifs is 2. The Morgan fingerprint density at radius 3 is 2.45 bits per heavy atom.